The maximum Gasteiger partial charge on any atom is 0.338 e. The van der Waals surface area contributed by atoms with Crippen LogP contribution in [-0.2, 0) is 16.0 Å². The monoisotopic (exact) mass is 370 g/mol. The fourth-order valence-corrected chi connectivity index (χ4v) is 2.89. The van der Waals surface area contributed by atoms with E-state index in [1.165, 1.54) is 6.26 Å². The summed E-state index contributed by atoms with van der Waals surface area (Å²) in [4.78, 5) is 39.8. The van der Waals surface area contributed by atoms with Crippen molar-refractivity contribution in [1.29, 1.82) is 0 Å². The van der Waals surface area contributed by atoms with E-state index in [0.717, 1.165) is 12.0 Å². The molecule has 7 heteroatoms. The lowest BCUT2D eigenvalue weighted by molar-refractivity contribution is -0.136. The summed E-state index contributed by atoms with van der Waals surface area (Å²) in [6, 6.07) is 10.4. The van der Waals surface area contributed by atoms with Crippen molar-refractivity contribution >= 4 is 17.8 Å². The first-order valence-corrected chi connectivity index (χ1v) is 8.95. The molecule has 142 valence electrons. The number of carbonyl (C=O) groups excluding carboxylic acids is 3. The molecule has 1 aromatic heterocycles. The molecule has 0 aliphatic carbocycles. The molecule has 0 unspecified atom stereocenters. The number of rotatable bonds is 5. The molecule has 1 aromatic carbocycles. The van der Waals surface area contributed by atoms with E-state index in [4.69, 9.17) is 9.15 Å². The number of hydrogen-bond donors (Lipinski definition) is 0. The van der Waals surface area contributed by atoms with Gasteiger partial charge < -0.3 is 19.0 Å². The molecule has 2 heterocycles. The molecule has 0 bridgehead atoms. The molecule has 0 radical (unpaired) electrons. The van der Waals surface area contributed by atoms with Crippen LogP contribution < -0.4 is 0 Å². The second-order valence-corrected chi connectivity index (χ2v) is 6.28. The van der Waals surface area contributed by atoms with Gasteiger partial charge in [0.1, 0.15) is 0 Å². The van der Waals surface area contributed by atoms with Crippen LogP contribution in [-0.4, -0.2) is 60.4 Å². The van der Waals surface area contributed by atoms with Crippen LogP contribution in [0.15, 0.2) is 47.1 Å². The summed E-state index contributed by atoms with van der Waals surface area (Å²) in [6.45, 7) is 3.35. The predicted octanol–water partition coefficient (Wildman–Crippen LogP) is 1.98. The van der Waals surface area contributed by atoms with Crippen LogP contribution >= 0.6 is 0 Å². The van der Waals surface area contributed by atoms with Crippen molar-refractivity contribution in [3.8, 4) is 0 Å². The van der Waals surface area contributed by atoms with Crippen LogP contribution in [0.5, 0.6) is 0 Å². The molecule has 1 aliphatic heterocycles. The number of nitrogens with zero attached hydrogens (tertiary/aromatic N) is 2. The summed E-state index contributed by atoms with van der Waals surface area (Å²) in [5, 5.41) is 0. The first kappa shape index (κ1) is 18.7. The Bertz CT molecular complexity index is 790. The normalized spacial score (nSPS) is 14.1. The second-order valence-electron chi connectivity index (χ2n) is 6.28. The third-order valence-electron chi connectivity index (χ3n) is 4.58. The highest BCUT2D eigenvalue weighted by molar-refractivity contribution is 5.92. The SMILES string of the molecule is CCc1ccc(C(=O)OCC(=O)N2CCN(C(=O)c3ccco3)CC2)cc1. The van der Waals surface area contributed by atoms with Gasteiger partial charge in [-0.3, -0.25) is 9.59 Å². The van der Waals surface area contributed by atoms with Crippen LogP contribution in [0.4, 0.5) is 0 Å². The third-order valence-corrected chi connectivity index (χ3v) is 4.58. The highest BCUT2D eigenvalue weighted by Gasteiger charge is 2.26. The molecule has 1 saturated heterocycles. The second kappa shape index (κ2) is 8.53. The van der Waals surface area contributed by atoms with Gasteiger partial charge in [0.2, 0.25) is 0 Å². The topological polar surface area (TPSA) is 80.1 Å². The summed E-state index contributed by atoms with van der Waals surface area (Å²) >= 11 is 0. The van der Waals surface area contributed by atoms with Crippen molar-refractivity contribution in [1.82, 2.24) is 9.80 Å². The lowest BCUT2D eigenvalue weighted by atomic mass is 10.1. The fourth-order valence-electron chi connectivity index (χ4n) is 2.89. The van der Waals surface area contributed by atoms with Gasteiger partial charge in [-0.25, -0.2) is 4.79 Å². The fraction of sp³-hybridized carbons (Fsp3) is 0.350. The molecule has 2 aromatic rings. The Labute approximate surface area is 157 Å². The molecule has 1 fully saturated rings. The molecule has 0 atom stereocenters. The van der Waals surface area contributed by atoms with E-state index >= 15 is 0 Å². The van der Waals surface area contributed by atoms with E-state index in [1.807, 2.05) is 19.1 Å². The van der Waals surface area contributed by atoms with E-state index in [0.29, 0.717) is 31.7 Å². The van der Waals surface area contributed by atoms with Gasteiger partial charge >= 0.3 is 5.97 Å². The number of ether oxygens (including phenoxy) is 1. The van der Waals surface area contributed by atoms with Gasteiger partial charge in [-0.15, -0.1) is 0 Å². The van der Waals surface area contributed by atoms with E-state index in [9.17, 15) is 14.4 Å². The van der Waals surface area contributed by atoms with Crippen molar-refractivity contribution in [3.63, 3.8) is 0 Å². The number of furan rings is 1. The van der Waals surface area contributed by atoms with Crippen LogP contribution in [0.1, 0.15) is 33.4 Å². The van der Waals surface area contributed by atoms with Gasteiger partial charge in [0, 0.05) is 26.2 Å². The van der Waals surface area contributed by atoms with E-state index in [2.05, 4.69) is 0 Å². The maximum absolute atomic E-state index is 12.3. The van der Waals surface area contributed by atoms with Gasteiger partial charge in [-0.2, -0.15) is 0 Å². The van der Waals surface area contributed by atoms with Gasteiger partial charge in [0.05, 0.1) is 11.8 Å². The highest BCUT2D eigenvalue weighted by Crippen LogP contribution is 2.10. The van der Waals surface area contributed by atoms with Crippen molar-refractivity contribution in [2.75, 3.05) is 32.8 Å². The van der Waals surface area contributed by atoms with Gasteiger partial charge in [0.15, 0.2) is 12.4 Å². The minimum Gasteiger partial charge on any atom is -0.459 e. The Kier molecular flexibility index (Phi) is 5.90. The lowest BCUT2D eigenvalue weighted by Gasteiger charge is -2.34. The molecular formula is C20H22N2O5. The Hall–Kier alpha value is -3.09. The first-order valence-electron chi connectivity index (χ1n) is 8.95. The summed E-state index contributed by atoms with van der Waals surface area (Å²) in [7, 11) is 0. The zero-order chi connectivity index (χ0) is 19.2. The zero-order valence-electron chi connectivity index (χ0n) is 15.2. The summed E-state index contributed by atoms with van der Waals surface area (Å²) < 4.78 is 10.2. The highest BCUT2D eigenvalue weighted by atomic mass is 16.5. The van der Waals surface area contributed by atoms with Crippen LogP contribution in [0, 0.1) is 0 Å². The molecule has 7 nitrogen and oxygen atoms in total. The van der Waals surface area contributed by atoms with Gasteiger partial charge in [-0.1, -0.05) is 19.1 Å². The third kappa shape index (κ3) is 4.55. The standard InChI is InChI=1S/C20H22N2O5/c1-2-15-5-7-16(8-6-15)20(25)27-14-18(23)21-9-11-22(12-10-21)19(24)17-4-3-13-26-17/h3-8,13H,2,9-12,14H2,1H3. The predicted molar refractivity (Wildman–Crippen MR) is 97.3 cm³/mol. The lowest BCUT2D eigenvalue weighted by Crippen LogP contribution is -2.51. The minimum atomic E-state index is -0.516. The van der Waals surface area contributed by atoms with E-state index < -0.39 is 5.97 Å². The summed E-state index contributed by atoms with van der Waals surface area (Å²) in [5.41, 5.74) is 1.55. The van der Waals surface area contributed by atoms with E-state index in [-0.39, 0.29) is 24.2 Å². The Morgan fingerprint density at radius 3 is 2.26 bits per heavy atom. The number of amides is 2. The maximum atomic E-state index is 12.3. The molecule has 0 N–H and O–H groups in total. The average Bonchev–Trinajstić information content (AvgIpc) is 3.26. The van der Waals surface area contributed by atoms with Crippen molar-refractivity contribution in [2.24, 2.45) is 0 Å². The first-order chi connectivity index (χ1) is 13.1. The van der Waals surface area contributed by atoms with Gasteiger partial charge in [0.25, 0.3) is 11.8 Å². The largest absolute Gasteiger partial charge is 0.459 e. The molecule has 0 spiro atoms. The van der Waals surface area contributed by atoms with Crippen LogP contribution in [0.2, 0.25) is 0 Å². The smallest absolute Gasteiger partial charge is 0.338 e. The Balaban J connectivity index is 1.45. The molecule has 1 aliphatic rings. The molecule has 27 heavy (non-hydrogen) atoms. The number of piperazine rings is 1. The van der Waals surface area contributed by atoms with Crippen LogP contribution in [0.25, 0.3) is 0 Å². The van der Waals surface area contributed by atoms with Gasteiger partial charge in [-0.05, 0) is 36.2 Å². The van der Waals surface area contributed by atoms with Crippen molar-refractivity contribution in [3.05, 3.63) is 59.5 Å². The zero-order valence-corrected chi connectivity index (χ0v) is 15.2. The number of esters is 1. The molecule has 3 rings (SSSR count). The van der Waals surface area contributed by atoms with E-state index in [1.54, 1.807) is 34.1 Å². The van der Waals surface area contributed by atoms with Crippen molar-refractivity contribution in [2.45, 2.75) is 13.3 Å². The molecular weight excluding hydrogens is 348 g/mol. The number of carbonyl (C=O) groups is 3. The minimum absolute atomic E-state index is 0.186. The number of hydrogen-bond acceptors (Lipinski definition) is 5. The van der Waals surface area contributed by atoms with Crippen molar-refractivity contribution < 1.29 is 23.5 Å². The summed E-state index contributed by atoms with van der Waals surface area (Å²) in [5.74, 6) is -0.678. The number of benzene rings is 1. The Morgan fingerprint density at radius 1 is 1.00 bits per heavy atom. The number of aryl methyl sites for hydroxylation is 1. The Morgan fingerprint density at radius 2 is 1.67 bits per heavy atom. The molecule has 2 amide bonds. The van der Waals surface area contributed by atoms with Crippen LogP contribution in [0.3, 0.4) is 0 Å². The summed E-state index contributed by atoms with van der Waals surface area (Å²) in [6.07, 6.45) is 2.35. The molecule has 0 saturated carbocycles. The average molecular weight is 370 g/mol. The quantitative estimate of drug-likeness (QED) is 0.752.